The highest BCUT2D eigenvalue weighted by atomic mass is 32.2. The topological polar surface area (TPSA) is 72.4 Å². The fourth-order valence-corrected chi connectivity index (χ4v) is 6.33. The van der Waals surface area contributed by atoms with E-state index < -0.39 is 10.0 Å². The van der Waals surface area contributed by atoms with Crippen molar-refractivity contribution in [3.8, 4) is 5.75 Å². The quantitative estimate of drug-likeness (QED) is 0.530. The lowest BCUT2D eigenvalue weighted by molar-refractivity contribution is 0.318. The molecule has 31 heavy (non-hydrogen) atoms. The molecule has 2 heterocycles. The Morgan fingerprint density at radius 3 is 2.26 bits per heavy atom. The fourth-order valence-electron chi connectivity index (χ4n) is 3.81. The van der Waals surface area contributed by atoms with Crippen molar-refractivity contribution in [2.45, 2.75) is 43.4 Å². The van der Waals surface area contributed by atoms with Gasteiger partial charge in [-0.05, 0) is 54.7 Å². The van der Waals surface area contributed by atoms with E-state index in [1.54, 1.807) is 34.9 Å². The number of hydrogen-bond donors (Lipinski definition) is 0. The van der Waals surface area contributed by atoms with Gasteiger partial charge in [-0.1, -0.05) is 31.2 Å². The largest absolute Gasteiger partial charge is 0.497 e. The van der Waals surface area contributed by atoms with Crippen LogP contribution in [0.3, 0.4) is 0 Å². The lowest BCUT2D eigenvalue weighted by Gasteiger charge is -2.30. The first-order chi connectivity index (χ1) is 15.0. The van der Waals surface area contributed by atoms with E-state index in [9.17, 15) is 8.42 Å². The summed E-state index contributed by atoms with van der Waals surface area (Å²) in [6.45, 7) is 3.08. The lowest BCUT2D eigenvalue weighted by Crippen LogP contribution is -2.37. The second kappa shape index (κ2) is 9.46. The zero-order valence-corrected chi connectivity index (χ0v) is 19.5. The molecule has 1 aromatic heterocycles. The van der Waals surface area contributed by atoms with Gasteiger partial charge in [-0.25, -0.2) is 8.42 Å². The lowest BCUT2D eigenvalue weighted by atomic mass is 9.99. The molecule has 0 unspecified atom stereocenters. The van der Waals surface area contributed by atoms with Gasteiger partial charge < -0.3 is 4.74 Å². The summed E-state index contributed by atoms with van der Waals surface area (Å²) in [6.07, 6.45) is 3.17. The molecule has 0 radical (unpaired) electrons. The van der Waals surface area contributed by atoms with Gasteiger partial charge in [0.15, 0.2) is 0 Å². The Morgan fingerprint density at radius 1 is 1.00 bits per heavy atom. The number of aromatic nitrogens is 2. The number of rotatable bonds is 7. The van der Waals surface area contributed by atoms with E-state index in [0.29, 0.717) is 18.0 Å². The van der Waals surface area contributed by atoms with E-state index in [0.717, 1.165) is 47.0 Å². The first-order valence-corrected chi connectivity index (χ1v) is 12.8. The standard InChI is InChI=1S/C23H27N3O3S2/c1-3-17-6-10-21(11-7-17)31(27,28)26-14-12-19(13-15-26)23-25-24-22(30-23)16-18-4-8-20(29-2)9-5-18/h4-11,19H,3,12-16H2,1-2H3. The minimum absolute atomic E-state index is 0.260. The van der Waals surface area contributed by atoms with Gasteiger partial charge in [-0.3, -0.25) is 0 Å². The smallest absolute Gasteiger partial charge is 0.243 e. The van der Waals surface area contributed by atoms with Crippen LogP contribution in [-0.2, 0) is 22.9 Å². The van der Waals surface area contributed by atoms with Crippen molar-refractivity contribution in [1.82, 2.24) is 14.5 Å². The van der Waals surface area contributed by atoms with Crippen LogP contribution in [0.5, 0.6) is 5.75 Å². The Morgan fingerprint density at radius 2 is 1.65 bits per heavy atom. The molecule has 8 heteroatoms. The average Bonchev–Trinajstić information content (AvgIpc) is 3.28. The molecule has 3 aromatic rings. The molecule has 0 spiro atoms. The van der Waals surface area contributed by atoms with Gasteiger partial charge in [0, 0.05) is 25.4 Å². The molecule has 0 aliphatic carbocycles. The fraction of sp³-hybridized carbons (Fsp3) is 0.391. The Bertz CT molecular complexity index is 1100. The zero-order valence-electron chi connectivity index (χ0n) is 17.8. The van der Waals surface area contributed by atoms with Gasteiger partial charge in [-0.15, -0.1) is 21.5 Å². The highest BCUT2D eigenvalue weighted by Gasteiger charge is 2.31. The van der Waals surface area contributed by atoms with E-state index in [2.05, 4.69) is 17.1 Å². The summed E-state index contributed by atoms with van der Waals surface area (Å²) in [5.41, 5.74) is 2.30. The van der Waals surface area contributed by atoms with Crippen LogP contribution in [0.15, 0.2) is 53.4 Å². The summed E-state index contributed by atoms with van der Waals surface area (Å²) in [7, 11) is -1.79. The van der Waals surface area contributed by atoms with E-state index in [4.69, 9.17) is 4.74 Å². The van der Waals surface area contributed by atoms with E-state index in [1.165, 1.54) is 5.56 Å². The third kappa shape index (κ3) is 4.97. The van der Waals surface area contributed by atoms with Crippen molar-refractivity contribution in [1.29, 1.82) is 0 Å². The molecule has 6 nitrogen and oxygen atoms in total. The molecule has 1 aliphatic heterocycles. The van der Waals surface area contributed by atoms with Crippen molar-refractivity contribution in [2.75, 3.05) is 20.2 Å². The van der Waals surface area contributed by atoms with Crippen molar-refractivity contribution in [3.63, 3.8) is 0 Å². The Balaban J connectivity index is 1.37. The molecule has 2 aromatic carbocycles. The predicted molar refractivity (Wildman–Crippen MR) is 122 cm³/mol. The summed E-state index contributed by atoms with van der Waals surface area (Å²) in [4.78, 5) is 0.376. The molecule has 164 valence electrons. The first kappa shape index (κ1) is 21.9. The molecule has 0 bridgehead atoms. The number of benzene rings is 2. The van der Waals surface area contributed by atoms with Crippen LogP contribution in [0.1, 0.15) is 46.8 Å². The second-order valence-corrected chi connectivity index (χ2v) is 10.8. The van der Waals surface area contributed by atoms with Crippen molar-refractivity contribution in [3.05, 3.63) is 69.7 Å². The van der Waals surface area contributed by atoms with Gasteiger partial charge in [0.05, 0.1) is 12.0 Å². The van der Waals surface area contributed by atoms with Gasteiger partial charge in [0.1, 0.15) is 15.8 Å². The minimum atomic E-state index is -3.44. The monoisotopic (exact) mass is 457 g/mol. The number of hydrogen-bond acceptors (Lipinski definition) is 6. The van der Waals surface area contributed by atoms with Crippen molar-refractivity contribution in [2.24, 2.45) is 0 Å². The van der Waals surface area contributed by atoms with E-state index in [-0.39, 0.29) is 5.92 Å². The maximum absolute atomic E-state index is 13.0. The van der Waals surface area contributed by atoms with Crippen LogP contribution in [0.2, 0.25) is 0 Å². The summed E-state index contributed by atoms with van der Waals surface area (Å²) < 4.78 is 32.8. The third-order valence-electron chi connectivity index (χ3n) is 5.77. The molecule has 0 N–H and O–H groups in total. The van der Waals surface area contributed by atoms with Gasteiger partial charge >= 0.3 is 0 Å². The first-order valence-electron chi connectivity index (χ1n) is 10.5. The van der Waals surface area contributed by atoms with Crippen LogP contribution in [0.4, 0.5) is 0 Å². The van der Waals surface area contributed by atoms with Crippen molar-refractivity contribution < 1.29 is 13.2 Å². The van der Waals surface area contributed by atoms with E-state index in [1.807, 2.05) is 36.4 Å². The van der Waals surface area contributed by atoms with Gasteiger partial charge in [0.25, 0.3) is 0 Å². The molecular formula is C23H27N3O3S2. The summed E-state index contributed by atoms with van der Waals surface area (Å²) in [6, 6.07) is 15.2. The number of ether oxygens (including phenoxy) is 1. The number of nitrogens with zero attached hydrogens (tertiary/aromatic N) is 3. The highest BCUT2D eigenvalue weighted by Crippen LogP contribution is 2.33. The van der Waals surface area contributed by atoms with Crippen molar-refractivity contribution >= 4 is 21.4 Å². The van der Waals surface area contributed by atoms with Gasteiger partial charge in [-0.2, -0.15) is 4.31 Å². The molecule has 0 amide bonds. The van der Waals surface area contributed by atoms with Crippen LogP contribution >= 0.6 is 11.3 Å². The molecule has 1 saturated heterocycles. The molecular weight excluding hydrogens is 430 g/mol. The Labute approximate surface area is 188 Å². The summed E-state index contributed by atoms with van der Waals surface area (Å²) in [5, 5.41) is 10.8. The SMILES string of the molecule is CCc1ccc(S(=O)(=O)N2CCC(c3nnc(Cc4ccc(OC)cc4)s3)CC2)cc1. The number of methoxy groups -OCH3 is 1. The zero-order chi connectivity index (χ0) is 21.8. The molecule has 1 aliphatic rings. The number of aryl methyl sites for hydroxylation is 1. The third-order valence-corrected chi connectivity index (χ3v) is 8.77. The Kier molecular flexibility index (Phi) is 6.69. The molecule has 0 saturated carbocycles. The van der Waals surface area contributed by atoms with Crippen LogP contribution in [0.25, 0.3) is 0 Å². The maximum Gasteiger partial charge on any atom is 0.243 e. The van der Waals surface area contributed by atoms with Crippen LogP contribution < -0.4 is 4.74 Å². The second-order valence-electron chi connectivity index (χ2n) is 7.73. The summed E-state index contributed by atoms with van der Waals surface area (Å²) >= 11 is 1.63. The number of sulfonamides is 1. The predicted octanol–water partition coefficient (Wildman–Crippen LogP) is 4.27. The molecule has 0 atom stereocenters. The highest BCUT2D eigenvalue weighted by molar-refractivity contribution is 7.89. The van der Waals surface area contributed by atoms with E-state index >= 15 is 0 Å². The minimum Gasteiger partial charge on any atom is -0.497 e. The van der Waals surface area contributed by atoms with Crippen LogP contribution in [0, 0.1) is 0 Å². The molecule has 1 fully saturated rings. The average molecular weight is 458 g/mol. The normalized spacial score (nSPS) is 15.8. The van der Waals surface area contributed by atoms with Crippen LogP contribution in [-0.4, -0.2) is 43.1 Å². The number of piperidine rings is 1. The Hall–Kier alpha value is -2.29. The maximum atomic E-state index is 13.0. The van der Waals surface area contributed by atoms with Gasteiger partial charge in [0.2, 0.25) is 10.0 Å². The summed E-state index contributed by atoms with van der Waals surface area (Å²) in [5.74, 6) is 1.10. The molecule has 4 rings (SSSR count).